The minimum atomic E-state index is -0.199. The molecule has 1 aromatic heterocycles. The molecule has 0 aliphatic carbocycles. The molecule has 16 heavy (non-hydrogen) atoms. The van der Waals surface area contributed by atoms with Crippen LogP contribution in [0.1, 0.15) is 30.8 Å². The zero-order valence-corrected chi connectivity index (χ0v) is 9.37. The number of nitrogens with zero attached hydrogens (tertiary/aromatic N) is 3. The molecule has 4 nitrogen and oxygen atoms in total. The van der Waals surface area contributed by atoms with E-state index in [0.29, 0.717) is 0 Å². The molecule has 0 unspecified atom stereocenters. The van der Waals surface area contributed by atoms with Crippen molar-refractivity contribution in [3.8, 4) is 0 Å². The van der Waals surface area contributed by atoms with Crippen LogP contribution in [0.4, 0.5) is 0 Å². The average molecular weight is 216 g/mol. The lowest BCUT2D eigenvalue weighted by Crippen LogP contribution is -2.17. The minimum Gasteiger partial charge on any atom is -0.318 e. The van der Waals surface area contributed by atoms with Gasteiger partial charge in [-0.05, 0) is 12.0 Å². The second kappa shape index (κ2) is 4.90. The molecule has 0 saturated heterocycles. The third-order valence-corrected chi connectivity index (χ3v) is 2.55. The Kier molecular flexibility index (Phi) is 3.31. The maximum absolute atomic E-state index is 6.17. The van der Waals surface area contributed by atoms with E-state index >= 15 is 0 Å². The second-order valence-corrected chi connectivity index (χ2v) is 3.77. The molecule has 2 N–H and O–H groups in total. The second-order valence-electron chi connectivity index (χ2n) is 3.77. The lowest BCUT2D eigenvalue weighted by atomic mass is 10.1. The van der Waals surface area contributed by atoms with Gasteiger partial charge in [-0.2, -0.15) is 0 Å². The standard InChI is InChI=1S/C12H16N4/c1-2-8-16-9-14-15-12(16)11(13)10-6-4-3-5-7-10/h3-7,9,11H,2,8,13H2,1H3/t11-/m1/s1. The summed E-state index contributed by atoms with van der Waals surface area (Å²) in [7, 11) is 0. The molecule has 1 atom stereocenters. The van der Waals surface area contributed by atoms with Crippen LogP contribution in [-0.2, 0) is 6.54 Å². The van der Waals surface area contributed by atoms with E-state index in [4.69, 9.17) is 5.73 Å². The highest BCUT2D eigenvalue weighted by Crippen LogP contribution is 2.16. The highest BCUT2D eigenvalue weighted by atomic mass is 15.3. The first-order valence-electron chi connectivity index (χ1n) is 5.51. The van der Waals surface area contributed by atoms with E-state index in [1.54, 1.807) is 6.33 Å². The van der Waals surface area contributed by atoms with Crippen molar-refractivity contribution in [2.75, 3.05) is 0 Å². The van der Waals surface area contributed by atoms with Crippen LogP contribution in [0, 0.1) is 0 Å². The lowest BCUT2D eigenvalue weighted by Gasteiger charge is -2.12. The normalized spacial score (nSPS) is 12.6. The Bertz CT molecular complexity index is 435. The smallest absolute Gasteiger partial charge is 0.154 e. The molecule has 0 aliphatic heterocycles. The minimum absolute atomic E-state index is 0.199. The molecular formula is C12H16N4. The molecule has 84 valence electrons. The van der Waals surface area contributed by atoms with E-state index in [-0.39, 0.29) is 6.04 Å². The third kappa shape index (κ3) is 2.12. The Morgan fingerprint density at radius 2 is 2.06 bits per heavy atom. The first kappa shape index (κ1) is 10.8. The van der Waals surface area contributed by atoms with Crippen molar-refractivity contribution >= 4 is 0 Å². The number of nitrogens with two attached hydrogens (primary N) is 1. The number of hydrogen-bond acceptors (Lipinski definition) is 3. The van der Waals surface area contributed by atoms with Gasteiger partial charge in [-0.15, -0.1) is 10.2 Å². The number of hydrogen-bond donors (Lipinski definition) is 1. The van der Waals surface area contributed by atoms with Gasteiger partial charge in [0.25, 0.3) is 0 Å². The van der Waals surface area contributed by atoms with Gasteiger partial charge >= 0.3 is 0 Å². The van der Waals surface area contributed by atoms with Crippen molar-refractivity contribution in [3.05, 3.63) is 48.0 Å². The SMILES string of the molecule is CCCn1cnnc1[C@H](N)c1ccccc1. The molecular weight excluding hydrogens is 200 g/mol. The maximum atomic E-state index is 6.17. The fraction of sp³-hybridized carbons (Fsp3) is 0.333. The summed E-state index contributed by atoms with van der Waals surface area (Å²) >= 11 is 0. The van der Waals surface area contributed by atoms with Crippen molar-refractivity contribution in [1.82, 2.24) is 14.8 Å². The summed E-state index contributed by atoms with van der Waals surface area (Å²) in [5.74, 6) is 0.827. The Morgan fingerprint density at radius 1 is 1.31 bits per heavy atom. The van der Waals surface area contributed by atoms with Crippen LogP contribution < -0.4 is 5.73 Å². The zero-order valence-electron chi connectivity index (χ0n) is 9.37. The van der Waals surface area contributed by atoms with Gasteiger partial charge in [0.05, 0.1) is 6.04 Å². The molecule has 2 rings (SSSR count). The average Bonchev–Trinajstić information content (AvgIpc) is 2.78. The largest absolute Gasteiger partial charge is 0.318 e. The zero-order chi connectivity index (χ0) is 11.4. The van der Waals surface area contributed by atoms with Crippen LogP contribution >= 0.6 is 0 Å². The van der Waals surface area contributed by atoms with E-state index in [9.17, 15) is 0 Å². The molecule has 0 fully saturated rings. The molecule has 4 heteroatoms. The van der Waals surface area contributed by atoms with Gasteiger partial charge in [0.15, 0.2) is 5.82 Å². The van der Waals surface area contributed by atoms with Gasteiger partial charge in [-0.3, -0.25) is 0 Å². The third-order valence-electron chi connectivity index (χ3n) is 2.55. The van der Waals surface area contributed by atoms with Crippen LogP contribution in [0.5, 0.6) is 0 Å². The first-order valence-corrected chi connectivity index (χ1v) is 5.51. The Balaban J connectivity index is 2.27. The molecule has 0 bridgehead atoms. The quantitative estimate of drug-likeness (QED) is 0.846. The summed E-state index contributed by atoms with van der Waals surface area (Å²) in [6.45, 7) is 3.03. The summed E-state index contributed by atoms with van der Waals surface area (Å²) in [4.78, 5) is 0. The van der Waals surface area contributed by atoms with Crippen LogP contribution in [0.25, 0.3) is 0 Å². The topological polar surface area (TPSA) is 56.7 Å². The van der Waals surface area contributed by atoms with Crippen molar-refractivity contribution in [2.24, 2.45) is 5.73 Å². The number of aryl methyl sites for hydroxylation is 1. The molecule has 0 spiro atoms. The highest BCUT2D eigenvalue weighted by molar-refractivity contribution is 5.23. The molecule has 0 amide bonds. The van der Waals surface area contributed by atoms with Gasteiger partial charge in [-0.25, -0.2) is 0 Å². The van der Waals surface area contributed by atoms with Crippen LogP contribution in [0.15, 0.2) is 36.7 Å². The number of aromatic nitrogens is 3. The van der Waals surface area contributed by atoms with Crippen molar-refractivity contribution < 1.29 is 0 Å². The van der Waals surface area contributed by atoms with Crippen LogP contribution in [-0.4, -0.2) is 14.8 Å². The summed E-state index contributed by atoms with van der Waals surface area (Å²) in [5, 5.41) is 8.02. The summed E-state index contributed by atoms with van der Waals surface area (Å²) in [6.07, 6.45) is 2.79. The summed E-state index contributed by atoms with van der Waals surface area (Å²) in [6, 6.07) is 9.76. The van der Waals surface area contributed by atoms with Gasteiger partial charge in [0.1, 0.15) is 6.33 Å². The van der Waals surface area contributed by atoms with Gasteiger partial charge in [-0.1, -0.05) is 37.3 Å². The lowest BCUT2D eigenvalue weighted by molar-refractivity contribution is 0.613. The fourth-order valence-electron chi connectivity index (χ4n) is 1.73. The monoisotopic (exact) mass is 216 g/mol. The maximum Gasteiger partial charge on any atom is 0.154 e. The Hall–Kier alpha value is -1.68. The predicted octanol–water partition coefficient (Wildman–Crippen LogP) is 1.74. The summed E-state index contributed by atoms with van der Waals surface area (Å²) in [5.41, 5.74) is 7.23. The van der Waals surface area contributed by atoms with Crippen molar-refractivity contribution in [3.63, 3.8) is 0 Å². The van der Waals surface area contributed by atoms with Gasteiger partial charge in [0.2, 0.25) is 0 Å². The van der Waals surface area contributed by atoms with E-state index in [2.05, 4.69) is 17.1 Å². The van der Waals surface area contributed by atoms with Crippen molar-refractivity contribution in [1.29, 1.82) is 0 Å². The van der Waals surface area contributed by atoms with Crippen LogP contribution in [0.2, 0.25) is 0 Å². The molecule has 0 aliphatic rings. The molecule has 1 aromatic carbocycles. The predicted molar refractivity (Wildman–Crippen MR) is 62.8 cm³/mol. The Morgan fingerprint density at radius 3 is 2.75 bits per heavy atom. The Labute approximate surface area is 95.1 Å². The molecule has 0 radical (unpaired) electrons. The molecule has 0 saturated carbocycles. The first-order chi connectivity index (χ1) is 7.83. The summed E-state index contributed by atoms with van der Waals surface area (Å²) < 4.78 is 2.01. The highest BCUT2D eigenvalue weighted by Gasteiger charge is 2.14. The van der Waals surface area contributed by atoms with Crippen molar-refractivity contribution in [2.45, 2.75) is 25.9 Å². The van der Waals surface area contributed by atoms with E-state index in [0.717, 1.165) is 24.4 Å². The number of benzene rings is 1. The molecule has 1 heterocycles. The fourth-order valence-corrected chi connectivity index (χ4v) is 1.73. The molecule has 2 aromatic rings. The van der Waals surface area contributed by atoms with E-state index < -0.39 is 0 Å². The van der Waals surface area contributed by atoms with E-state index in [1.807, 2.05) is 34.9 Å². The van der Waals surface area contributed by atoms with E-state index in [1.165, 1.54) is 0 Å². The number of rotatable bonds is 4. The van der Waals surface area contributed by atoms with Crippen LogP contribution in [0.3, 0.4) is 0 Å². The van der Waals surface area contributed by atoms with Gasteiger partial charge in [0, 0.05) is 6.54 Å². The van der Waals surface area contributed by atoms with Gasteiger partial charge < -0.3 is 10.3 Å².